The lowest BCUT2D eigenvalue weighted by Gasteiger charge is -2.21. The van der Waals surface area contributed by atoms with Gasteiger partial charge in [0.2, 0.25) is 5.91 Å². The van der Waals surface area contributed by atoms with Gasteiger partial charge in [0.1, 0.15) is 4.34 Å². The molecule has 120 valence electrons. The Morgan fingerprint density at radius 3 is 3.05 bits per heavy atom. The lowest BCUT2D eigenvalue weighted by atomic mass is 10.0. The van der Waals surface area contributed by atoms with E-state index < -0.39 is 5.60 Å². The average Bonchev–Trinajstić information content (AvgIpc) is 3.13. The zero-order valence-corrected chi connectivity index (χ0v) is 14.3. The van der Waals surface area contributed by atoms with Crippen LogP contribution in [0.5, 0.6) is 0 Å². The smallest absolute Gasteiger partial charge is 0.410 e. The van der Waals surface area contributed by atoms with E-state index in [9.17, 15) is 9.59 Å². The van der Waals surface area contributed by atoms with Crippen LogP contribution in [0.2, 0.25) is 0 Å². The molecule has 0 saturated carbocycles. The van der Waals surface area contributed by atoms with Crippen molar-refractivity contribution >= 4 is 35.1 Å². The van der Waals surface area contributed by atoms with Gasteiger partial charge in [-0.15, -0.1) is 11.3 Å². The molecule has 1 spiro atoms. The third-order valence-electron chi connectivity index (χ3n) is 3.94. The van der Waals surface area contributed by atoms with Crippen molar-refractivity contribution < 1.29 is 14.3 Å². The maximum absolute atomic E-state index is 12.4. The number of ether oxygens (including phenoxy) is 1. The first-order chi connectivity index (χ1) is 10.5. The fourth-order valence-corrected chi connectivity index (χ4v) is 4.63. The van der Waals surface area contributed by atoms with Crippen molar-refractivity contribution in [1.29, 1.82) is 0 Å². The molecule has 0 aromatic carbocycles. The molecule has 8 heteroatoms. The Morgan fingerprint density at radius 2 is 2.36 bits per heavy atom. The molecule has 1 aromatic rings. The van der Waals surface area contributed by atoms with E-state index in [1.165, 1.54) is 0 Å². The Morgan fingerprint density at radius 1 is 1.55 bits per heavy atom. The van der Waals surface area contributed by atoms with E-state index >= 15 is 0 Å². The number of carbonyl (C=O) groups excluding carboxylic acids is 2. The van der Waals surface area contributed by atoms with Gasteiger partial charge in [0.05, 0.1) is 25.2 Å². The molecule has 1 aromatic heterocycles. The second-order valence-electron chi connectivity index (χ2n) is 5.69. The molecule has 6 nitrogen and oxygen atoms in total. The number of hydrogen-bond donors (Lipinski definition) is 0. The first-order valence-electron chi connectivity index (χ1n) is 7.30. The molecule has 2 aliphatic heterocycles. The minimum absolute atomic E-state index is 0.0563. The van der Waals surface area contributed by atoms with Crippen molar-refractivity contribution in [3.63, 3.8) is 0 Å². The summed E-state index contributed by atoms with van der Waals surface area (Å²) in [5.74, 6) is 1.04. The predicted octanol–water partition coefficient (Wildman–Crippen LogP) is 1.85. The monoisotopic (exact) mass is 341 g/mol. The molecule has 22 heavy (non-hydrogen) atoms. The number of amides is 2. The van der Waals surface area contributed by atoms with Crippen LogP contribution >= 0.6 is 23.1 Å². The molecule has 0 aliphatic carbocycles. The van der Waals surface area contributed by atoms with Crippen molar-refractivity contribution in [2.24, 2.45) is 0 Å². The molecule has 0 N–H and O–H groups in total. The van der Waals surface area contributed by atoms with Gasteiger partial charge in [-0.2, -0.15) is 0 Å². The minimum Gasteiger partial charge on any atom is -0.439 e. The maximum Gasteiger partial charge on any atom is 0.410 e. The Kier molecular flexibility index (Phi) is 4.31. The van der Waals surface area contributed by atoms with Crippen LogP contribution in [0.1, 0.15) is 19.0 Å². The third-order valence-corrected chi connectivity index (χ3v) is 5.89. The van der Waals surface area contributed by atoms with Gasteiger partial charge < -0.3 is 14.5 Å². The Balaban J connectivity index is 1.58. The fourth-order valence-electron chi connectivity index (χ4n) is 2.89. The van der Waals surface area contributed by atoms with Crippen molar-refractivity contribution in [2.45, 2.75) is 29.7 Å². The number of hydrogen-bond acceptors (Lipinski definition) is 6. The topological polar surface area (TPSA) is 62.7 Å². The number of rotatable bonds is 4. The zero-order valence-electron chi connectivity index (χ0n) is 12.7. The Bertz CT molecular complexity index is 592. The molecule has 0 radical (unpaired) electrons. The van der Waals surface area contributed by atoms with Crippen LogP contribution < -0.4 is 0 Å². The summed E-state index contributed by atoms with van der Waals surface area (Å²) in [4.78, 5) is 31.8. The van der Waals surface area contributed by atoms with Crippen molar-refractivity contribution in [3.8, 4) is 0 Å². The second-order valence-corrected chi connectivity index (χ2v) is 8.06. The number of nitrogens with zero attached hydrogens (tertiary/aromatic N) is 3. The number of carbonyl (C=O) groups is 2. The highest BCUT2D eigenvalue weighted by molar-refractivity contribution is 8.00. The summed E-state index contributed by atoms with van der Waals surface area (Å²) in [5, 5.41) is 1.95. The van der Waals surface area contributed by atoms with Crippen LogP contribution in [-0.4, -0.2) is 64.8 Å². The van der Waals surface area contributed by atoms with Crippen molar-refractivity contribution in [3.05, 3.63) is 11.1 Å². The summed E-state index contributed by atoms with van der Waals surface area (Å²) in [6.45, 7) is 3.77. The number of aromatic nitrogens is 1. The number of likely N-dealkylation sites (tertiary alicyclic amines) is 1. The summed E-state index contributed by atoms with van der Waals surface area (Å²) < 4.78 is 6.47. The fraction of sp³-hybridized carbons (Fsp3) is 0.643. The van der Waals surface area contributed by atoms with Crippen LogP contribution in [0, 0.1) is 0 Å². The SMILES string of the molecule is CCSc1nc(CC(=O)N2CC[C@@]3(CN(C)C(=O)O3)C2)cs1. The number of likely N-dealkylation sites (N-methyl/N-ethyl adjacent to an activating group) is 1. The Labute approximate surface area is 137 Å². The predicted molar refractivity (Wildman–Crippen MR) is 85.3 cm³/mol. The largest absolute Gasteiger partial charge is 0.439 e. The molecule has 0 unspecified atom stereocenters. The quantitative estimate of drug-likeness (QED) is 0.782. The highest BCUT2D eigenvalue weighted by Crippen LogP contribution is 2.32. The standard InChI is InChI=1S/C14H19N3O3S2/c1-3-21-12-15-10(7-22-12)6-11(18)17-5-4-14(9-17)8-16(2)13(19)20-14/h7H,3-6,8-9H2,1-2H3/t14-/m1/s1. The lowest BCUT2D eigenvalue weighted by Crippen LogP contribution is -2.39. The van der Waals surface area contributed by atoms with Gasteiger partial charge in [-0.1, -0.05) is 18.7 Å². The molecule has 3 rings (SSSR count). The molecule has 2 fully saturated rings. The van der Waals surface area contributed by atoms with E-state index in [1.807, 2.05) is 5.38 Å². The maximum atomic E-state index is 12.4. The molecule has 2 amide bonds. The van der Waals surface area contributed by atoms with Crippen LogP contribution in [0.15, 0.2) is 9.72 Å². The van der Waals surface area contributed by atoms with E-state index in [0.29, 0.717) is 32.5 Å². The van der Waals surface area contributed by atoms with Crippen LogP contribution in [-0.2, 0) is 16.0 Å². The summed E-state index contributed by atoms with van der Waals surface area (Å²) in [6, 6.07) is 0. The number of thioether (sulfide) groups is 1. The highest BCUT2D eigenvalue weighted by atomic mass is 32.2. The third kappa shape index (κ3) is 3.08. The Hall–Kier alpha value is -1.28. The minimum atomic E-state index is -0.507. The zero-order chi connectivity index (χ0) is 15.7. The molecule has 1 atom stereocenters. The van der Waals surface area contributed by atoms with E-state index in [4.69, 9.17) is 4.74 Å². The van der Waals surface area contributed by atoms with Gasteiger partial charge >= 0.3 is 6.09 Å². The molecule has 2 aliphatic rings. The van der Waals surface area contributed by atoms with Crippen molar-refractivity contribution in [2.75, 3.05) is 32.4 Å². The van der Waals surface area contributed by atoms with Gasteiger partial charge in [-0.3, -0.25) is 4.79 Å². The summed E-state index contributed by atoms with van der Waals surface area (Å²) in [7, 11) is 1.73. The lowest BCUT2D eigenvalue weighted by molar-refractivity contribution is -0.130. The highest BCUT2D eigenvalue weighted by Gasteiger charge is 2.49. The normalized spacial score (nSPS) is 24.4. The average molecular weight is 341 g/mol. The van der Waals surface area contributed by atoms with E-state index in [0.717, 1.165) is 15.8 Å². The van der Waals surface area contributed by atoms with Gasteiger partial charge in [0, 0.05) is 25.4 Å². The molecular weight excluding hydrogens is 322 g/mol. The van der Waals surface area contributed by atoms with E-state index in [2.05, 4.69) is 11.9 Å². The summed E-state index contributed by atoms with van der Waals surface area (Å²) in [5.41, 5.74) is 0.319. The molecule has 2 saturated heterocycles. The summed E-state index contributed by atoms with van der Waals surface area (Å²) >= 11 is 3.27. The van der Waals surface area contributed by atoms with Crippen LogP contribution in [0.25, 0.3) is 0 Å². The molecule has 0 bridgehead atoms. The number of thiazole rings is 1. The molecular formula is C14H19N3O3S2. The van der Waals surface area contributed by atoms with Crippen LogP contribution in [0.3, 0.4) is 0 Å². The van der Waals surface area contributed by atoms with Gasteiger partial charge in [0.25, 0.3) is 0 Å². The van der Waals surface area contributed by atoms with Gasteiger partial charge in [-0.05, 0) is 5.75 Å². The van der Waals surface area contributed by atoms with Crippen molar-refractivity contribution in [1.82, 2.24) is 14.8 Å². The first-order valence-corrected chi connectivity index (χ1v) is 9.17. The van der Waals surface area contributed by atoms with E-state index in [-0.39, 0.29) is 12.0 Å². The van der Waals surface area contributed by atoms with Gasteiger partial charge in [-0.25, -0.2) is 9.78 Å². The van der Waals surface area contributed by atoms with E-state index in [1.54, 1.807) is 39.9 Å². The van der Waals surface area contributed by atoms with Crippen LogP contribution in [0.4, 0.5) is 4.79 Å². The summed E-state index contributed by atoms with van der Waals surface area (Å²) in [6.07, 6.45) is 0.735. The first kappa shape index (κ1) is 15.6. The van der Waals surface area contributed by atoms with Gasteiger partial charge in [0.15, 0.2) is 5.60 Å². The molecule has 3 heterocycles. The second kappa shape index (κ2) is 6.08.